The summed E-state index contributed by atoms with van der Waals surface area (Å²) in [6.07, 6.45) is 0. The zero-order valence-corrected chi connectivity index (χ0v) is 20.5. The third kappa shape index (κ3) is 5.40. The SMILES string of the molecule is CCN(CC)S(=O)(=O)c1cc(C(=O)N(Cc2csc(C)n2)c2ccc(F)cc2)ccc1OC. The molecule has 1 heterocycles. The van der Waals surface area contributed by atoms with Gasteiger partial charge in [0.25, 0.3) is 5.91 Å². The summed E-state index contributed by atoms with van der Waals surface area (Å²) in [6.45, 7) is 6.07. The molecule has 0 unspecified atom stereocenters. The average Bonchev–Trinajstić information content (AvgIpc) is 3.22. The molecular formula is C23H26FN3O4S2. The molecule has 0 saturated heterocycles. The Hall–Kier alpha value is -2.82. The van der Waals surface area contributed by atoms with Crippen LogP contribution in [0.15, 0.2) is 52.7 Å². The number of methoxy groups -OCH3 is 1. The summed E-state index contributed by atoms with van der Waals surface area (Å²) in [6, 6.07) is 9.87. The molecule has 0 atom stereocenters. The number of rotatable bonds is 9. The number of aromatic nitrogens is 1. The number of anilines is 1. The highest BCUT2D eigenvalue weighted by molar-refractivity contribution is 7.89. The van der Waals surface area contributed by atoms with Gasteiger partial charge in [-0.3, -0.25) is 4.79 Å². The van der Waals surface area contributed by atoms with Crippen molar-refractivity contribution in [3.05, 3.63) is 69.9 Å². The zero-order chi connectivity index (χ0) is 24.2. The first-order valence-electron chi connectivity index (χ1n) is 10.4. The summed E-state index contributed by atoms with van der Waals surface area (Å²) in [5.74, 6) is -0.708. The maximum atomic E-state index is 13.6. The minimum atomic E-state index is -3.87. The molecule has 176 valence electrons. The van der Waals surface area contributed by atoms with Gasteiger partial charge in [-0.1, -0.05) is 13.8 Å². The number of carbonyl (C=O) groups is 1. The molecule has 0 aliphatic carbocycles. The first-order valence-corrected chi connectivity index (χ1v) is 12.7. The van der Waals surface area contributed by atoms with Crippen molar-refractivity contribution in [2.24, 2.45) is 0 Å². The van der Waals surface area contributed by atoms with Crippen molar-refractivity contribution in [2.45, 2.75) is 32.2 Å². The number of hydrogen-bond donors (Lipinski definition) is 0. The van der Waals surface area contributed by atoms with E-state index >= 15 is 0 Å². The van der Waals surface area contributed by atoms with Crippen LogP contribution in [-0.4, -0.2) is 43.8 Å². The molecule has 1 aromatic heterocycles. The lowest BCUT2D eigenvalue weighted by molar-refractivity contribution is 0.0984. The van der Waals surface area contributed by atoms with Gasteiger partial charge in [-0.25, -0.2) is 17.8 Å². The third-order valence-corrected chi connectivity index (χ3v) is 8.00. The van der Waals surface area contributed by atoms with Crippen molar-refractivity contribution < 1.29 is 22.3 Å². The number of nitrogens with zero attached hydrogens (tertiary/aromatic N) is 3. The number of amides is 1. The second-order valence-electron chi connectivity index (χ2n) is 7.18. The molecule has 0 fully saturated rings. The molecule has 0 aliphatic rings. The molecule has 0 N–H and O–H groups in total. The van der Waals surface area contributed by atoms with E-state index < -0.39 is 21.7 Å². The van der Waals surface area contributed by atoms with Crippen LogP contribution in [0.1, 0.15) is 34.9 Å². The van der Waals surface area contributed by atoms with Gasteiger partial charge in [0.05, 0.1) is 24.4 Å². The quantitative estimate of drug-likeness (QED) is 0.441. The number of carbonyl (C=O) groups excluding carboxylic acids is 1. The first kappa shape index (κ1) is 24.8. The number of halogens is 1. The highest BCUT2D eigenvalue weighted by atomic mass is 32.2. The highest BCUT2D eigenvalue weighted by Gasteiger charge is 2.28. The Labute approximate surface area is 197 Å². The lowest BCUT2D eigenvalue weighted by atomic mass is 10.1. The van der Waals surface area contributed by atoms with Crippen LogP contribution in [0.2, 0.25) is 0 Å². The minimum Gasteiger partial charge on any atom is -0.495 e. The van der Waals surface area contributed by atoms with E-state index in [1.807, 2.05) is 12.3 Å². The molecule has 0 spiro atoms. The van der Waals surface area contributed by atoms with E-state index in [2.05, 4.69) is 4.98 Å². The van der Waals surface area contributed by atoms with Crippen LogP contribution in [0.3, 0.4) is 0 Å². The molecule has 1 amide bonds. The molecule has 10 heteroatoms. The van der Waals surface area contributed by atoms with Gasteiger partial charge in [-0.15, -0.1) is 11.3 Å². The normalized spacial score (nSPS) is 11.6. The second-order valence-corrected chi connectivity index (χ2v) is 10.1. The number of benzene rings is 2. The largest absolute Gasteiger partial charge is 0.495 e. The van der Waals surface area contributed by atoms with Crippen molar-refractivity contribution in [3.63, 3.8) is 0 Å². The maximum Gasteiger partial charge on any atom is 0.258 e. The van der Waals surface area contributed by atoms with Gasteiger partial charge in [-0.2, -0.15) is 4.31 Å². The average molecular weight is 492 g/mol. The standard InChI is InChI=1S/C23H26FN3O4S2/c1-5-26(6-2)33(29,30)22-13-17(7-12-21(22)31-4)23(28)27(14-19-15-32-16(3)25-19)20-10-8-18(24)9-11-20/h7-13,15H,5-6,14H2,1-4H3. The van der Waals surface area contributed by atoms with Gasteiger partial charge < -0.3 is 9.64 Å². The number of ether oxygens (including phenoxy) is 1. The summed E-state index contributed by atoms with van der Waals surface area (Å²) >= 11 is 1.46. The number of hydrogen-bond acceptors (Lipinski definition) is 6. The predicted octanol–water partition coefficient (Wildman–Crippen LogP) is 4.48. The summed E-state index contributed by atoms with van der Waals surface area (Å²) in [5.41, 5.74) is 1.31. The Morgan fingerprint density at radius 1 is 1.12 bits per heavy atom. The Morgan fingerprint density at radius 3 is 2.33 bits per heavy atom. The van der Waals surface area contributed by atoms with Gasteiger partial charge in [0.15, 0.2) is 0 Å². The first-order chi connectivity index (χ1) is 15.7. The van der Waals surface area contributed by atoms with Crippen molar-refractivity contribution >= 4 is 33.0 Å². The second kappa shape index (κ2) is 10.4. The fourth-order valence-electron chi connectivity index (χ4n) is 3.41. The molecule has 0 bridgehead atoms. The third-order valence-electron chi connectivity index (χ3n) is 5.10. The molecule has 0 saturated carbocycles. The predicted molar refractivity (Wildman–Crippen MR) is 127 cm³/mol. The van der Waals surface area contributed by atoms with Crippen LogP contribution >= 0.6 is 11.3 Å². The van der Waals surface area contributed by atoms with Gasteiger partial charge >= 0.3 is 0 Å². The van der Waals surface area contributed by atoms with Gasteiger partial charge in [0, 0.05) is 29.7 Å². The van der Waals surface area contributed by atoms with Gasteiger partial charge in [0.1, 0.15) is 16.5 Å². The Bertz CT molecular complexity index is 1220. The molecule has 33 heavy (non-hydrogen) atoms. The summed E-state index contributed by atoms with van der Waals surface area (Å²) in [5, 5.41) is 2.71. The van der Waals surface area contributed by atoms with Crippen molar-refractivity contribution in [1.82, 2.24) is 9.29 Å². The molecular weight excluding hydrogens is 465 g/mol. The van der Waals surface area contributed by atoms with Crippen molar-refractivity contribution in [1.29, 1.82) is 0 Å². The molecule has 0 aliphatic heterocycles. The topological polar surface area (TPSA) is 79.8 Å². The Kier molecular flexibility index (Phi) is 7.83. The molecule has 3 rings (SSSR count). The van der Waals surface area contributed by atoms with E-state index in [-0.39, 0.29) is 35.8 Å². The number of aryl methyl sites for hydroxylation is 1. The molecule has 0 radical (unpaired) electrons. The van der Waals surface area contributed by atoms with Crippen LogP contribution in [0.4, 0.5) is 10.1 Å². The van der Waals surface area contributed by atoms with Gasteiger partial charge in [0.2, 0.25) is 10.0 Å². The van der Waals surface area contributed by atoms with Crippen molar-refractivity contribution in [3.8, 4) is 5.75 Å². The fraction of sp³-hybridized carbons (Fsp3) is 0.304. The van der Waals surface area contributed by atoms with E-state index in [4.69, 9.17) is 4.74 Å². The number of sulfonamides is 1. The fourth-order valence-corrected chi connectivity index (χ4v) is 5.66. The van der Waals surface area contributed by atoms with Crippen LogP contribution < -0.4 is 9.64 Å². The van der Waals surface area contributed by atoms with E-state index in [1.54, 1.807) is 13.8 Å². The lowest BCUT2D eigenvalue weighted by Gasteiger charge is -2.24. The monoisotopic (exact) mass is 491 g/mol. The van der Waals surface area contributed by atoms with E-state index in [0.717, 1.165) is 5.01 Å². The van der Waals surface area contributed by atoms with Crippen LogP contribution in [0.5, 0.6) is 5.75 Å². The molecule has 3 aromatic rings. The van der Waals surface area contributed by atoms with Gasteiger partial charge in [-0.05, 0) is 49.4 Å². The smallest absolute Gasteiger partial charge is 0.258 e. The maximum absolute atomic E-state index is 13.6. The van der Waals surface area contributed by atoms with Crippen LogP contribution in [0, 0.1) is 12.7 Å². The summed E-state index contributed by atoms with van der Waals surface area (Å²) in [7, 11) is -2.49. The van der Waals surface area contributed by atoms with Crippen molar-refractivity contribution in [2.75, 3.05) is 25.1 Å². The lowest BCUT2D eigenvalue weighted by Crippen LogP contribution is -2.32. The van der Waals surface area contributed by atoms with E-state index in [9.17, 15) is 17.6 Å². The van der Waals surface area contributed by atoms with Crippen LogP contribution in [-0.2, 0) is 16.6 Å². The zero-order valence-electron chi connectivity index (χ0n) is 18.9. The van der Waals surface area contributed by atoms with E-state index in [1.165, 1.54) is 70.1 Å². The molecule has 7 nitrogen and oxygen atoms in total. The molecule has 2 aromatic carbocycles. The van der Waals surface area contributed by atoms with Crippen LogP contribution in [0.25, 0.3) is 0 Å². The summed E-state index contributed by atoms with van der Waals surface area (Å²) < 4.78 is 46.5. The number of thiazole rings is 1. The highest BCUT2D eigenvalue weighted by Crippen LogP contribution is 2.30. The minimum absolute atomic E-state index is 0.0805. The van der Waals surface area contributed by atoms with E-state index in [0.29, 0.717) is 11.4 Å². The Morgan fingerprint density at radius 2 is 1.79 bits per heavy atom. The Balaban J connectivity index is 2.08. The summed E-state index contributed by atoms with van der Waals surface area (Å²) in [4.78, 5) is 19.4.